The lowest BCUT2D eigenvalue weighted by Crippen LogP contribution is -2.37. The van der Waals surface area contributed by atoms with Crippen LogP contribution < -0.4 is 10.6 Å². The lowest BCUT2D eigenvalue weighted by atomic mass is 10.1. The second kappa shape index (κ2) is 9.49. The summed E-state index contributed by atoms with van der Waals surface area (Å²) < 4.78 is 2.01. The second-order valence-electron chi connectivity index (χ2n) is 6.09. The molecule has 1 heterocycles. The first kappa shape index (κ1) is 18.5. The van der Waals surface area contributed by atoms with Gasteiger partial charge in [-0.05, 0) is 31.6 Å². The topological polar surface area (TPSA) is 54.2 Å². The van der Waals surface area contributed by atoms with Gasteiger partial charge in [-0.15, -0.1) is 0 Å². The lowest BCUT2D eigenvalue weighted by Gasteiger charge is -2.13. The highest BCUT2D eigenvalue weighted by Crippen LogP contribution is 2.15. The van der Waals surface area contributed by atoms with Crippen LogP contribution in [0.1, 0.15) is 57.5 Å². The van der Waals surface area contributed by atoms with E-state index in [9.17, 15) is 0 Å². The average molecular weight is 307 g/mol. The van der Waals surface area contributed by atoms with Crippen LogP contribution in [0, 0.1) is 5.92 Å². The number of nitrogens with one attached hydrogen (secondary N) is 2. The third-order valence-corrected chi connectivity index (χ3v) is 3.93. The molecule has 0 saturated heterocycles. The fraction of sp³-hybridized carbons (Fsp3) is 0.765. The van der Waals surface area contributed by atoms with E-state index >= 15 is 0 Å². The van der Waals surface area contributed by atoms with Crippen LogP contribution in [-0.4, -0.2) is 29.3 Å². The molecule has 0 aliphatic heterocycles. The predicted octanol–water partition coefficient (Wildman–Crippen LogP) is 2.65. The van der Waals surface area contributed by atoms with Crippen molar-refractivity contribution in [3.8, 4) is 0 Å². The Kier molecular flexibility index (Phi) is 7.99. The van der Waals surface area contributed by atoms with Crippen molar-refractivity contribution in [1.82, 2.24) is 20.4 Å². The molecular weight excluding hydrogens is 274 g/mol. The van der Waals surface area contributed by atoms with Crippen LogP contribution in [0.15, 0.2) is 4.99 Å². The van der Waals surface area contributed by atoms with Gasteiger partial charge in [0.1, 0.15) is 0 Å². The molecule has 1 aromatic heterocycles. The maximum Gasteiger partial charge on any atom is 0.191 e. The molecule has 5 heteroatoms. The van der Waals surface area contributed by atoms with E-state index < -0.39 is 0 Å². The van der Waals surface area contributed by atoms with Gasteiger partial charge in [-0.3, -0.25) is 9.67 Å². The Morgan fingerprint density at radius 2 is 1.95 bits per heavy atom. The standard InChI is InChI=1S/C17H33N5/c1-7-15-14(16(8-2)22(6)21-15)12-20-17(18-5)19-11-9-10-13(3)4/h13H,7-12H2,1-6H3,(H2,18,19,20). The summed E-state index contributed by atoms with van der Waals surface area (Å²) in [7, 11) is 3.85. The Balaban J connectivity index is 2.56. The van der Waals surface area contributed by atoms with Crippen LogP contribution in [0.4, 0.5) is 0 Å². The summed E-state index contributed by atoms with van der Waals surface area (Å²) in [5.41, 5.74) is 3.80. The highest BCUT2D eigenvalue weighted by molar-refractivity contribution is 5.79. The zero-order valence-electron chi connectivity index (χ0n) is 15.2. The Hall–Kier alpha value is -1.52. The molecule has 0 spiro atoms. The second-order valence-corrected chi connectivity index (χ2v) is 6.09. The predicted molar refractivity (Wildman–Crippen MR) is 94.2 cm³/mol. The molecule has 1 rings (SSSR count). The number of aromatic nitrogens is 2. The summed E-state index contributed by atoms with van der Waals surface area (Å²) in [5, 5.41) is 11.4. The average Bonchev–Trinajstić information content (AvgIpc) is 2.81. The summed E-state index contributed by atoms with van der Waals surface area (Å²) in [6.07, 6.45) is 4.38. The van der Waals surface area contributed by atoms with E-state index in [0.717, 1.165) is 37.8 Å². The van der Waals surface area contributed by atoms with Gasteiger partial charge >= 0.3 is 0 Å². The van der Waals surface area contributed by atoms with Crippen molar-refractivity contribution in [3.05, 3.63) is 17.0 Å². The van der Waals surface area contributed by atoms with Gasteiger partial charge in [0.05, 0.1) is 5.69 Å². The van der Waals surface area contributed by atoms with E-state index in [1.54, 1.807) is 0 Å². The normalized spacial score (nSPS) is 12.0. The highest BCUT2D eigenvalue weighted by Gasteiger charge is 2.13. The largest absolute Gasteiger partial charge is 0.356 e. The van der Waals surface area contributed by atoms with Gasteiger partial charge in [-0.1, -0.05) is 27.7 Å². The van der Waals surface area contributed by atoms with Crippen LogP contribution in [-0.2, 0) is 26.4 Å². The Morgan fingerprint density at radius 3 is 2.50 bits per heavy atom. The van der Waals surface area contributed by atoms with Crippen LogP contribution in [0.3, 0.4) is 0 Å². The zero-order valence-corrected chi connectivity index (χ0v) is 15.2. The molecule has 0 fully saturated rings. The number of nitrogens with zero attached hydrogens (tertiary/aromatic N) is 3. The molecule has 0 aliphatic carbocycles. The number of hydrogen-bond donors (Lipinski definition) is 2. The summed E-state index contributed by atoms with van der Waals surface area (Å²) in [6.45, 7) is 10.6. The molecule has 0 radical (unpaired) electrons. The van der Waals surface area contributed by atoms with Crippen molar-refractivity contribution in [1.29, 1.82) is 0 Å². The third kappa shape index (κ3) is 5.35. The molecule has 0 aromatic carbocycles. The van der Waals surface area contributed by atoms with Gasteiger partial charge in [0.25, 0.3) is 0 Å². The molecule has 2 N–H and O–H groups in total. The van der Waals surface area contributed by atoms with Crippen molar-refractivity contribution < 1.29 is 0 Å². The Labute approximate surface area is 135 Å². The van der Waals surface area contributed by atoms with Crippen molar-refractivity contribution in [2.45, 2.75) is 59.9 Å². The van der Waals surface area contributed by atoms with Crippen molar-refractivity contribution >= 4 is 5.96 Å². The van der Waals surface area contributed by atoms with Crippen LogP contribution in [0.2, 0.25) is 0 Å². The molecule has 0 aliphatic rings. The minimum Gasteiger partial charge on any atom is -0.356 e. The molecule has 5 nitrogen and oxygen atoms in total. The molecule has 1 aromatic rings. The number of rotatable bonds is 8. The number of hydrogen-bond acceptors (Lipinski definition) is 2. The van der Waals surface area contributed by atoms with Crippen LogP contribution >= 0.6 is 0 Å². The number of aliphatic imine (C=N–C) groups is 1. The van der Waals surface area contributed by atoms with E-state index in [-0.39, 0.29) is 0 Å². The van der Waals surface area contributed by atoms with Gasteiger partial charge < -0.3 is 10.6 Å². The molecule has 0 atom stereocenters. The summed E-state index contributed by atoms with van der Waals surface area (Å²) in [5.74, 6) is 1.63. The lowest BCUT2D eigenvalue weighted by molar-refractivity contribution is 0.549. The summed E-state index contributed by atoms with van der Waals surface area (Å²) in [4.78, 5) is 4.30. The first-order chi connectivity index (χ1) is 10.5. The minimum atomic E-state index is 0.756. The van der Waals surface area contributed by atoms with Crippen molar-refractivity contribution in [3.63, 3.8) is 0 Å². The molecular formula is C17H33N5. The van der Waals surface area contributed by atoms with Crippen molar-refractivity contribution in [2.75, 3.05) is 13.6 Å². The van der Waals surface area contributed by atoms with Crippen LogP contribution in [0.5, 0.6) is 0 Å². The Bertz CT molecular complexity index is 474. The van der Waals surface area contributed by atoms with Crippen LogP contribution in [0.25, 0.3) is 0 Å². The summed E-state index contributed by atoms with van der Waals surface area (Å²) in [6, 6.07) is 0. The number of aryl methyl sites for hydroxylation is 2. The van der Waals surface area contributed by atoms with E-state index in [0.29, 0.717) is 0 Å². The van der Waals surface area contributed by atoms with E-state index in [4.69, 9.17) is 0 Å². The van der Waals surface area contributed by atoms with Gasteiger partial charge in [-0.2, -0.15) is 5.10 Å². The van der Waals surface area contributed by atoms with Gasteiger partial charge in [0, 0.05) is 38.4 Å². The first-order valence-corrected chi connectivity index (χ1v) is 8.51. The van der Waals surface area contributed by atoms with Gasteiger partial charge in [0.15, 0.2) is 5.96 Å². The maximum atomic E-state index is 4.61. The molecule has 0 unspecified atom stereocenters. The van der Waals surface area contributed by atoms with Crippen molar-refractivity contribution in [2.24, 2.45) is 18.0 Å². The number of guanidine groups is 1. The minimum absolute atomic E-state index is 0.756. The zero-order chi connectivity index (χ0) is 16.5. The van der Waals surface area contributed by atoms with E-state index in [1.807, 2.05) is 18.8 Å². The molecule has 0 bridgehead atoms. The highest BCUT2D eigenvalue weighted by atomic mass is 15.3. The first-order valence-electron chi connectivity index (χ1n) is 8.51. The molecule has 22 heavy (non-hydrogen) atoms. The molecule has 0 saturated carbocycles. The maximum absolute atomic E-state index is 4.61. The fourth-order valence-electron chi connectivity index (χ4n) is 2.70. The molecule has 126 valence electrons. The van der Waals surface area contributed by atoms with Gasteiger partial charge in [0.2, 0.25) is 0 Å². The van der Waals surface area contributed by atoms with Gasteiger partial charge in [-0.25, -0.2) is 0 Å². The molecule has 0 amide bonds. The monoisotopic (exact) mass is 307 g/mol. The Morgan fingerprint density at radius 1 is 1.23 bits per heavy atom. The summed E-state index contributed by atoms with van der Waals surface area (Å²) >= 11 is 0. The van der Waals surface area contributed by atoms with E-state index in [1.165, 1.54) is 29.8 Å². The quantitative estimate of drug-likeness (QED) is 0.441. The smallest absolute Gasteiger partial charge is 0.191 e. The van der Waals surface area contributed by atoms with E-state index in [2.05, 4.69) is 48.4 Å². The fourth-order valence-corrected chi connectivity index (χ4v) is 2.70. The SMILES string of the molecule is CCc1nn(C)c(CC)c1CNC(=NC)NCCCC(C)C. The third-order valence-electron chi connectivity index (χ3n) is 3.93.